The number of aliphatic carboxylic acids is 1. The lowest BCUT2D eigenvalue weighted by atomic mass is 10.2. The molecule has 0 saturated carbocycles. The SMILES string of the molecule is CCS(=O)(=O)CCCC(O)C(=O)O. The van der Waals surface area contributed by atoms with Crippen molar-refractivity contribution in [1.29, 1.82) is 0 Å². The molecule has 0 saturated heterocycles. The van der Waals surface area contributed by atoms with Gasteiger partial charge in [-0.15, -0.1) is 0 Å². The molecule has 0 rings (SSSR count). The highest BCUT2D eigenvalue weighted by atomic mass is 32.2. The summed E-state index contributed by atoms with van der Waals surface area (Å²) in [5.74, 6) is -1.32. The van der Waals surface area contributed by atoms with E-state index in [0.29, 0.717) is 0 Å². The summed E-state index contributed by atoms with van der Waals surface area (Å²) in [7, 11) is -3.04. The Morgan fingerprint density at radius 3 is 2.38 bits per heavy atom. The summed E-state index contributed by atoms with van der Waals surface area (Å²) < 4.78 is 21.8. The lowest BCUT2D eigenvalue weighted by Crippen LogP contribution is -2.20. The fourth-order valence-corrected chi connectivity index (χ4v) is 1.66. The van der Waals surface area contributed by atoms with E-state index >= 15 is 0 Å². The largest absolute Gasteiger partial charge is 0.479 e. The van der Waals surface area contributed by atoms with E-state index < -0.39 is 21.9 Å². The minimum Gasteiger partial charge on any atom is -0.479 e. The van der Waals surface area contributed by atoms with Gasteiger partial charge in [0.25, 0.3) is 0 Å². The molecular weight excluding hydrogens is 196 g/mol. The molecule has 0 amide bonds. The number of sulfone groups is 1. The third-order valence-electron chi connectivity index (χ3n) is 1.66. The van der Waals surface area contributed by atoms with Gasteiger partial charge in [0.2, 0.25) is 0 Å². The van der Waals surface area contributed by atoms with E-state index in [0.717, 1.165) is 0 Å². The fourth-order valence-electron chi connectivity index (χ4n) is 0.764. The summed E-state index contributed by atoms with van der Waals surface area (Å²) in [4.78, 5) is 10.1. The Kier molecular flexibility index (Phi) is 4.94. The van der Waals surface area contributed by atoms with Crippen molar-refractivity contribution >= 4 is 15.8 Å². The normalized spacial score (nSPS) is 14.0. The molecule has 78 valence electrons. The summed E-state index contributed by atoms with van der Waals surface area (Å²) >= 11 is 0. The second-order valence-corrected chi connectivity index (χ2v) is 5.21. The smallest absolute Gasteiger partial charge is 0.332 e. The van der Waals surface area contributed by atoms with Crippen LogP contribution < -0.4 is 0 Å². The van der Waals surface area contributed by atoms with Crippen LogP contribution in [0.2, 0.25) is 0 Å². The van der Waals surface area contributed by atoms with Crippen LogP contribution in [0.4, 0.5) is 0 Å². The summed E-state index contributed by atoms with van der Waals surface area (Å²) in [6, 6.07) is 0. The van der Waals surface area contributed by atoms with Gasteiger partial charge in [-0.05, 0) is 12.8 Å². The van der Waals surface area contributed by atoms with Crippen LogP contribution in [0.3, 0.4) is 0 Å². The van der Waals surface area contributed by atoms with Crippen LogP contribution in [0.15, 0.2) is 0 Å². The maximum Gasteiger partial charge on any atom is 0.332 e. The van der Waals surface area contributed by atoms with Crippen LogP contribution >= 0.6 is 0 Å². The van der Waals surface area contributed by atoms with Crippen molar-refractivity contribution in [3.8, 4) is 0 Å². The minimum absolute atomic E-state index is 0.0193. The molecule has 0 spiro atoms. The summed E-state index contributed by atoms with van der Waals surface area (Å²) in [5, 5.41) is 17.1. The monoisotopic (exact) mass is 210 g/mol. The van der Waals surface area contributed by atoms with E-state index in [9.17, 15) is 13.2 Å². The first-order valence-corrected chi connectivity index (χ1v) is 5.82. The molecule has 0 aliphatic carbocycles. The predicted octanol–water partition coefficient (Wildman–Crippen LogP) is -0.353. The van der Waals surface area contributed by atoms with Gasteiger partial charge >= 0.3 is 5.97 Å². The molecule has 0 aromatic rings. The van der Waals surface area contributed by atoms with Gasteiger partial charge in [0.1, 0.15) is 9.84 Å². The number of hydrogen-bond acceptors (Lipinski definition) is 4. The molecule has 0 aromatic heterocycles. The lowest BCUT2D eigenvalue weighted by Gasteiger charge is -2.04. The highest BCUT2D eigenvalue weighted by Gasteiger charge is 2.14. The van der Waals surface area contributed by atoms with E-state index in [1.807, 2.05) is 0 Å². The number of carboxylic acid groups (broad SMARTS) is 1. The van der Waals surface area contributed by atoms with Gasteiger partial charge in [-0.3, -0.25) is 0 Å². The number of hydrogen-bond donors (Lipinski definition) is 2. The maximum absolute atomic E-state index is 10.9. The van der Waals surface area contributed by atoms with Gasteiger partial charge in [-0.1, -0.05) is 6.92 Å². The zero-order valence-corrected chi connectivity index (χ0v) is 8.25. The molecule has 0 aromatic carbocycles. The van der Waals surface area contributed by atoms with Gasteiger partial charge in [-0.25, -0.2) is 13.2 Å². The first-order valence-electron chi connectivity index (χ1n) is 4.00. The van der Waals surface area contributed by atoms with Crippen LogP contribution in [0.25, 0.3) is 0 Å². The standard InChI is InChI=1S/C7H14O5S/c1-2-13(11,12)5-3-4-6(8)7(9)10/h6,8H,2-5H2,1H3,(H,9,10). The summed E-state index contributed by atoms with van der Waals surface area (Å²) in [6.45, 7) is 1.53. The summed E-state index contributed by atoms with van der Waals surface area (Å²) in [5.41, 5.74) is 0. The molecule has 0 fully saturated rings. The fraction of sp³-hybridized carbons (Fsp3) is 0.857. The topological polar surface area (TPSA) is 91.7 Å². The van der Waals surface area contributed by atoms with Gasteiger partial charge < -0.3 is 10.2 Å². The maximum atomic E-state index is 10.9. The van der Waals surface area contributed by atoms with Gasteiger partial charge in [0, 0.05) is 5.75 Å². The number of aliphatic hydroxyl groups excluding tert-OH is 1. The zero-order valence-electron chi connectivity index (χ0n) is 7.43. The van der Waals surface area contributed by atoms with Crippen molar-refractivity contribution in [3.63, 3.8) is 0 Å². The molecule has 1 unspecified atom stereocenters. The second kappa shape index (κ2) is 5.18. The van der Waals surface area contributed by atoms with Gasteiger partial charge in [0.15, 0.2) is 6.10 Å². The quantitative estimate of drug-likeness (QED) is 0.625. The van der Waals surface area contributed by atoms with Crippen LogP contribution in [-0.2, 0) is 14.6 Å². The highest BCUT2D eigenvalue weighted by Crippen LogP contribution is 2.01. The van der Waals surface area contributed by atoms with Crippen LogP contribution in [0.5, 0.6) is 0 Å². The van der Waals surface area contributed by atoms with Crippen molar-refractivity contribution < 1.29 is 23.4 Å². The Morgan fingerprint density at radius 2 is 2.00 bits per heavy atom. The number of carboxylic acids is 1. The van der Waals surface area contributed by atoms with Crippen LogP contribution in [0, 0.1) is 0 Å². The molecule has 0 bridgehead atoms. The van der Waals surface area contributed by atoms with E-state index in [-0.39, 0.29) is 24.3 Å². The lowest BCUT2D eigenvalue weighted by molar-refractivity contribution is -0.146. The number of carbonyl (C=O) groups is 1. The molecule has 2 N–H and O–H groups in total. The first-order chi connectivity index (χ1) is 5.89. The van der Waals surface area contributed by atoms with E-state index in [4.69, 9.17) is 10.2 Å². The highest BCUT2D eigenvalue weighted by molar-refractivity contribution is 7.91. The predicted molar refractivity (Wildman–Crippen MR) is 47.2 cm³/mol. The Bertz CT molecular complexity index is 256. The van der Waals surface area contributed by atoms with Crippen molar-refractivity contribution in [1.82, 2.24) is 0 Å². The molecule has 5 nitrogen and oxygen atoms in total. The van der Waals surface area contributed by atoms with Gasteiger partial charge in [-0.2, -0.15) is 0 Å². The Labute approximate surface area is 77.3 Å². The van der Waals surface area contributed by atoms with Crippen molar-refractivity contribution in [2.75, 3.05) is 11.5 Å². The average molecular weight is 210 g/mol. The van der Waals surface area contributed by atoms with Gasteiger partial charge in [0.05, 0.1) is 5.75 Å². The third kappa shape index (κ3) is 5.59. The Morgan fingerprint density at radius 1 is 1.46 bits per heavy atom. The van der Waals surface area contributed by atoms with Crippen molar-refractivity contribution in [3.05, 3.63) is 0 Å². The number of rotatable bonds is 6. The molecule has 0 aliphatic heterocycles. The minimum atomic E-state index is -3.04. The van der Waals surface area contributed by atoms with E-state index in [1.54, 1.807) is 0 Å². The zero-order chi connectivity index (χ0) is 10.5. The Hall–Kier alpha value is -0.620. The number of aliphatic hydroxyl groups is 1. The third-order valence-corrected chi connectivity index (χ3v) is 3.45. The van der Waals surface area contributed by atoms with Crippen molar-refractivity contribution in [2.24, 2.45) is 0 Å². The molecule has 0 radical (unpaired) electrons. The molecule has 0 heterocycles. The molecule has 6 heteroatoms. The van der Waals surface area contributed by atoms with Crippen LogP contribution in [0.1, 0.15) is 19.8 Å². The molecule has 0 aliphatic rings. The molecule has 1 atom stereocenters. The first kappa shape index (κ1) is 12.4. The van der Waals surface area contributed by atoms with Crippen molar-refractivity contribution in [2.45, 2.75) is 25.9 Å². The Balaban J connectivity index is 3.75. The van der Waals surface area contributed by atoms with Crippen LogP contribution in [-0.4, -0.2) is 42.2 Å². The summed E-state index contributed by atoms with van der Waals surface area (Å²) in [6.07, 6.45) is -1.29. The molecule has 13 heavy (non-hydrogen) atoms. The van der Waals surface area contributed by atoms with E-state index in [1.165, 1.54) is 6.92 Å². The molecular formula is C7H14O5S. The average Bonchev–Trinajstić information content (AvgIpc) is 2.04. The van der Waals surface area contributed by atoms with E-state index in [2.05, 4.69) is 0 Å². The second-order valence-electron chi connectivity index (χ2n) is 2.73.